The summed E-state index contributed by atoms with van der Waals surface area (Å²) >= 11 is 5.84. The summed E-state index contributed by atoms with van der Waals surface area (Å²) in [6.07, 6.45) is -0.568. The topological polar surface area (TPSA) is 53.3 Å². The molecule has 5 heteroatoms. The smallest absolute Gasteiger partial charge is 0.414 e. The number of hydrogen-bond acceptors (Lipinski definition) is 3. The fourth-order valence-electron chi connectivity index (χ4n) is 1.58. The summed E-state index contributed by atoms with van der Waals surface area (Å²) in [7, 11) is 0. The Labute approximate surface area is 98.0 Å². The molecule has 2 rings (SSSR count). The summed E-state index contributed by atoms with van der Waals surface area (Å²) in [6, 6.07) is 8.96. The normalized spacial score (nSPS) is 19.4. The van der Waals surface area contributed by atoms with Crippen molar-refractivity contribution in [2.75, 3.05) is 11.4 Å². The van der Waals surface area contributed by atoms with Gasteiger partial charge in [0.25, 0.3) is 0 Å². The number of hydrogen-bond donors (Lipinski definition) is 0. The third-order valence-electron chi connectivity index (χ3n) is 2.31. The zero-order valence-electron chi connectivity index (χ0n) is 8.39. The van der Waals surface area contributed by atoms with E-state index in [9.17, 15) is 4.79 Å². The summed E-state index contributed by atoms with van der Waals surface area (Å²) in [4.78, 5) is 13.0. The van der Waals surface area contributed by atoms with Gasteiger partial charge in [-0.25, -0.2) is 4.79 Å². The molecule has 0 N–H and O–H groups in total. The first kappa shape index (κ1) is 10.8. The molecule has 1 saturated heterocycles. The Kier molecular flexibility index (Phi) is 2.97. The lowest BCUT2D eigenvalue weighted by Crippen LogP contribution is -2.24. The van der Waals surface area contributed by atoms with E-state index in [2.05, 4.69) is 0 Å². The van der Waals surface area contributed by atoms with Crippen molar-refractivity contribution in [1.29, 1.82) is 5.26 Å². The summed E-state index contributed by atoms with van der Waals surface area (Å²) < 4.78 is 5.03. The molecule has 1 aliphatic rings. The molecule has 1 aliphatic heterocycles. The first-order valence-electron chi connectivity index (χ1n) is 4.81. The molecule has 4 nitrogen and oxygen atoms in total. The molecule has 1 unspecified atom stereocenters. The van der Waals surface area contributed by atoms with Gasteiger partial charge >= 0.3 is 6.09 Å². The van der Waals surface area contributed by atoms with Crippen molar-refractivity contribution < 1.29 is 9.53 Å². The van der Waals surface area contributed by atoms with E-state index in [1.807, 2.05) is 6.07 Å². The van der Waals surface area contributed by atoms with Crippen molar-refractivity contribution in [3.8, 4) is 6.07 Å². The summed E-state index contributed by atoms with van der Waals surface area (Å²) in [5, 5.41) is 9.10. The zero-order valence-corrected chi connectivity index (χ0v) is 9.15. The molecule has 1 atom stereocenters. The van der Waals surface area contributed by atoms with Gasteiger partial charge in [0.05, 0.1) is 19.0 Å². The van der Waals surface area contributed by atoms with Crippen molar-refractivity contribution in [3.05, 3.63) is 29.3 Å². The molecule has 82 valence electrons. The Balaban J connectivity index is 2.17. The highest BCUT2D eigenvalue weighted by Crippen LogP contribution is 2.25. The maximum atomic E-state index is 11.5. The van der Waals surface area contributed by atoms with Gasteiger partial charge in [-0.3, -0.25) is 4.90 Å². The number of halogens is 1. The molecule has 0 bridgehead atoms. The van der Waals surface area contributed by atoms with Crippen molar-refractivity contribution in [2.45, 2.75) is 12.5 Å². The third kappa shape index (κ3) is 2.10. The average molecular weight is 237 g/mol. The van der Waals surface area contributed by atoms with Gasteiger partial charge in [-0.05, 0) is 18.2 Å². The lowest BCUT2D eigenvalue weighted by atomic mass is 10.2. The summed E-state index contributed by atoms with van der Waals surface area (Å²) in [5.74, 6) is 0. The molecule has 0 radical (unpaired) electrons. The van der Waals surface area contributed by atoms with E-state index >= 15 is 0 Å². The van der Waals surface area contributed by atoms with Crippen LogP contribution in [-0.2, 0) is 4.74 Å². The van der Waals surface area contributed by atoms with E-state index in [1.54, 1.807) is 24.3 Å². The fraction of sp³-hybridized carbons (Fsp3) is 0.273. The maximum absolute atomic E-state index is 11.5. The van der Waals surface area contributed by atoms with Crippen molar-refractivity contribution in [3.63, 3.8) is 0 Å². The summed E-state index contributed by atoms with van der Waals surface area (Å²) in [6.45, 7) is 0.396. The van der Waals surface area contributed by atoms with E-state index in [0.29, 0.717) is 17.3 Å². The predicted octanol–water partition coefficient (Wildman–Crippen LogP) is 2.58. The van der Waals surface area contributed by atoms with Gasteiger partial charge in [0.2, 0.25) is 0 Å². The number of benzene rings is 1. The molecule has 0 aromatic heterocycles. The SMILES string of the molecule is N#CCC1CN(c2cccc(Cl)c2)C(=O)O1. The van der Waals surface area contributed by atoms with E-state index in [4.69, 9.17) is 21.6 Å². The second-order valence-corrected chi connectivity index (χ2v) is 3.89. The lowest BCUT2D eigenvalue weighted by Gasteiger charge is -2.12. The molecule has 0 spiro atoms. The Morgan fingerprint density at radius 1 is 1.62 bits per heavy atom. The highest BCUT2D eigenvalue weighted by molar-refractivity contribution is 6.30. The number of cyclic esters (lactones) is 1. The fourth-order valence-corrected chi connectivity index (χ4v) is 1.77. The summed E-state index contributed by atoms with van der Waals surface area (Å²) in [5.41, 5.74) is 0.693. The zero-order chi connectivity index (χ0) is 11.5. The van der Waals surface area contributed by atoms with Crippen LogP contribution in [0.4, 0.5) is 10.5 Å². The average Bonchev–Trinajstić information content (AvgIpc) is 2.60. The van der Waals surface area contributed by atoms with E-state index in [-0.39, 0.29) is 12.5 Å². The standard InChI is InChI=1S/C11H9ClN2O2/c12-8-2-1-3-9(6-8)14-7-10(4-5-13)16-11(14)15/h1-3,6,10H,4,7H2. The van der Waals surface area contributed by atoms with Gasteiger partial charge < -0.3 is 4.74 Å². The van der Waals surface area contributed by atoms with E-state index < -0.39 is 6.09 Å². The Morgan fingerprint density at radius 2 is 2.44 bits per heavy atom. The maximum Gasteiger partial charge on any atom is 0.414 e. The van der Waals surface area contributed by atoms with Gasteiger partial charge in [-0.2, -0.15) is 5.26 Å². The molecular weight excluding hydrogens is 228 g/mol. The van der Waals surface area contributed by atoms with Crippen molar-refractivity contribution in [1.82, 2.24) is 0 Å². The number of carbonyl (C=O) groups excluding carboxylic acids is 1. The van der Waals surface area contributed by atoms with Crippen LogP contribution in [0.5, 0.6) is 0 Å². The molecule has 0 aliphatic carbocycles. The molecule has 1 heterocycles. The van der Waals surface area contributed by atoms with Gasteiger partial charge in [0.15, 0.2) is 0 Å². The largest absolute Gasteiger partial charge is 0.443 e. The molecule has 1 amide bonds. The minimum atomic E-state index is -0.428. The number of nitrogens with zero attached hydrogens (tertiary/aromatic N) is 2. The van der Waals surface area contributed by atoms with Crippen LogP contribution < -0.4 is 4.90 Å². The number of nitriles is 1. The van der Waals surface area contributed by atoms with Crippen LogP contribution in [-0.4, -0.2) is 18.7 Å². The number of rotatable bonds is 2. The second-order valence-electron chi connectivity index (χ2n) is 3.46. The number of ether oxygens (including phenoxy) is 1. The molecule has 1 fully saturated rings. The van der Waals surface area contributed by atoms with Gasteiger partial charge in [-0.15, -0.1) is 0 Å². The highest BCUT2D eigenvalue weighted by atomic mass is 35.5. The first-order valence-corrected chi connectivity index (χ1v) is 5.19. The van der Waals surface area contributed by atoms with Crippen LogP contribution in [0, 0.1) is 11.3 Å². The Bertz CT molecular complexity index is 456. The quantitative estimate of drug-likeness (QED) is 0.793. The lowest BCUT2D eigenvalue weighted by molar-refractivity contribution is 0.143. The van der Waals surface area contributed by atoms with Crippen LogP contribution in [0.25, 0.3) is 0 Å². The highest BCUT2D eigenvalue weighted by Gasteiger charge is 2.32. The van der Waals surface area contributed by atoms with Crippen LogP contribution in [0.3, 0.4) is 0 Å². The van der Waals surface area contributed by atoms with Gasteiger partial charge in [-0.1, -0.05) is 17.7 Å². The van der Waals surface area contributed by atoms with Crippen LogP contribution in [0.15, 0.2) is 24.3 Å². The Morgan fingerprint density at radius 3 is 3.12 bits per heavy atom. The van der Waals surface area contributed by atoms with Crippen LogP contribution in [0.1, 0.15) is 6.42 Å². The van der Waals surface area contributed by atoms with E-state index in [0.717, 1.165) is 0 Å². The Hall–Kier alpha value is -1.73. The minimum absolute atomic E-state index is 0.211. The van der Waals surface area contributed by atoms with Crippen molar-refractivity contribution >= 4 is 23.4 Å². The third-order valence-corrected chi connectivity index (χ3v) is 2.55. The second kappa shape index (κ2) is 4.42. The number of amides is 1. The van der Waals surface area contributed by atoms with Crippen LogP contribution >= 0.6 is 11.6 Å². The molecule has 16 heavy (non-hydrogen) atoms. The number of carbonyl (C=O) groups is 1. The molecule has 1 aromatic rings. The minimum Gasteiger partial charge on any atom is -0.443 e. The van der Waals surface area contributed by atoms with Crippen LogP contribution in [0.2, 0.25) is 5.02 Å². The molecule has 0 saturated carbocycles. The molecule has 1 aromatic carbocycles. The van der Waals surface area contributed by atoms with E-state index in [1.165, 1.54) is 4.90 Å². The molecular formula is C11H9ClN2O2. The van der Waals surface area contributed by atoms with Gasteiger partial charge in [0, 0.05) is 10.7 Å². The predicted molar refractivity (Wildman–Crippen MR) is 59.3 cm³/mol. The van der Waals surface area contributed by atoms with Crippen molar-refractivity contribution in [2.24, 2.45) is 0 Å². The monoisotopic (exact) mass is 236 g/mol. The number of anilines is 1. The first-order chi connectivity index (χ1) is 7.70. The van der Waals surface area contributed by atoms with Gasteiger partial charge in [0.1, 0.15) is 6.10 Å².